The zero-order valence-electron chi connectivity index (χ0n) is 17.6. The van der Waals surface area contributed by atoms with Crippen molar-refractivity contribution in [1.29, 1.82) is 0 Å². The van der Waals surface area contributed by atoms with Gasteiger partial charge in [0.25, 0.3) is 0 Å². The van der Waals surface area contributed by atoms with Crippen LogP contribution in [0.4, 0.5) is 11.4 Å². The number of aromatic nitrogens is 1. The van der Waals surface area contributed by atoms with Gasteiger partial charge in [0.15, 0.2) is 5.58 Å². The van der Waals surface area contributed by atoms with E-state index in [4.69, 9.17) is 4.42 Å². The summed E-state index contributed by atoms with van der Waals surface area (Å²) in [4.78, 5) is 4.59. The highest BCUT2D eigenvalue weighted by molar-refractivity contribution is 7.26. The molecule has 2 aromatic heterocycles. The van der Waals surface area contributed by atoms with Crippen LogP contribution in [-0.2, 0) is 0 Å². The van der Waals surface area contributed by atoms with Crippen molar-refractivity contribution in [2.75, 3.05) is 5.32 Å². The number of para-hydroxylation sites is 2. The predicted octanol–water partition coefficient (Wildman–Crippen LogP) is 8.76. The maximum atomic E-state index is 5.89. The van der Waals surface area contributed by atoms with Gasteiger partial charge >= 0.3 is 0 Å². The number of hydrogen-bond donors (Lipinski definition) is 1. The summed E-state index contributed by atoms with van der Waals surface area (Å²) < 4.78 is 8.50. The molecule has 0 aliphatic heterocycles. The summed E-state index contributed by atoms with van der Waals surface area (Å²) in [5.74, 6) is 0.640. The molecule has 0 aliphatic carbocycles. The summed E-state index contributed by atoms with van der Waals surface area (Å²) in [5.41, 5.74) is 4.75. The molecule has 5 aromatic carbocycles. The van der Waals surface area contributed by atoms with Gasteiger partial charge in [0.05, 0.1) is 0 Å². The lowest BCUT2D eigenvalue weighted by molar-refractivity contribution is 0.620. The molecule has 3 nitrogen and oxygen atoms in total. The Hall–Kier alpha value is -4.15. The number of benzene rings is 5. The minimum Gasteiger partial charge on any atom is -0.436 e. The number of oxazole rings is 1. The van der Waals surface area contributed by atoms with Gasteiger partial charge in [-0.05, 0) is 65.4 Å². The number of nitrogens with one attached hydrogen (secondary N) is 1. The number of hydrogen-bond acceptors (Lipinski definition) is 4. The average Bonchev–Trinajstić information content (AvgIpc) is 3.46. The highest BCUT2D eigenvalue weighted by Crippen LogP contribution is 2.39. The summed E-state index contributed by atoms with van der Waals surface area (Å²) in [7, 11) is 0. The highest BCUT2D eigenvalue weighted by atomic mass is 32.1. The van der Waals surface area contributed by atoms with Gasteiger partial charge in [0.1, 0.15) is 5.52 Å². The van der Waals surface area contributed by atoms with Crippen LogP contribution in [0.1, 0.15) is 0 Å². The van der Waals surface area contributed by atoms with Crippen molar-refractivity contribution in [2.24, 2.45) is 0 Å². The minimum atomic E-state index is 0.640. The van der Waals surface area contributed by atoms with Gasteiger partial charge in [-0.2, -0.15) is 0 Å². The molecule has 0 atom stereocenters. The molecule has 4 heteroatoms. The Morgan fingerprint density at radius 3 is 2.39 bits per heavy atom. The number of nitrogens with zero attached hydrogens (tertiary/aromatic N) is 1. The van der Waals surface area contributed by atoms with E-state index in [0.29, 0.717) is 5.89 Å². The predicted molar refractivity (Wildman–Crippen MR) is 140 cm³/mol. The van der Waals surface area contributed by atoms with Crippen molar-refractivity contribution in [3.05, 3.63) is 103 Å². The number of rotatable bonds is 3. The van der Waals surface area contributed by atoms with Crippen molar-refractivity contribution < 1.29 is 4.42 Å². The molecular formula is C29H18N2OS. The van der Waals surface area contributed by atoms with E-state index in [-0.39, 0.29) is 0 Å². The van der Waals surface area contributed by atoms with E-state index in [1.807, 2.05) is 47.7 Å². The Kier molecular flexibility index (Phi) is 4.01. The largest absolute Gasteiger partial charge is 0.436 e. The third-order valence-electron chi connectivity index (χ3n) is 6.08. The van der Waals surface area contributed by atoms with Crippen LogP contribution in [0.2, 0.25) is 0 Å². The molecule has 0 spiro atoms. The molecule has 0 saturated carbocycles. The Balaban J connectivity index is 1.22. The number of thiophene rings is 1. The molecule has 7 aromatic rings. The van der Waals surface area contributed by atoms with Crippen LogP contribution in [0, 0.1) is 0 Å². The lowest BCUT2D eigenvalue weighted by Crippen LogP contribution is -1.89. The molecule has 2 heterocycles. The van der Waals surface area contributed by atoms with E-state index < -0.39 is 0 Å². The summed E-state index contributed by atoms with van der Waals surface area (Å²) >= 11 is 1.84. The van der Waals surface area contributed by atoms with Crippen LogP contribution in [0.5, 0.6) is 0 Å². The minimum absolute atomic E-state index is 0.640. The summed E-state index contributed by atoms with van der Waals surface area (Å²) in [6.07, 6.45) is 0. The second-order valence-electron chi connectivity index (χ2n) is 8.16. The Morgan fingerprint density at radius 2 is 1.48 bits per heavy atom. The molecule has 0 radical (unpaired) electrons. The van der Waals surface area contributed by atoms with Crippen LogP contribution in [-0.4, -0.2) is 4.98 Å². The van der Waals surface area contributed by atoms with E-state index in [2.05, 4.69) is 77.0 Å². The summed E-state index contributed by atoms with van der Waals surface area (Å²) in [6, 6.07) is 35.7. The van der Waals surface area contributed by atoms with Gasteiger partial charge in [-0.25, -0.2) is 4.98 Å². The molecule has 0 aliphatic rings. The van der Waals surface area contributed by atoms with Crippen LogP contribution < -0.4 is 5.32 Å². The Labute approximate surface area is 193 Å². The fraction of sp³-hybridized carbons (Fsp3) is 0. The van der Waals surface area contributed by atoms with E-state index in [9.17, 15) is 0 Å². The van der Waals surface area contributed by atoms with Crippen molar-refractivity contribution in [2.45, 2.75) is 0 Å². The first-order valence-electron chi connectivity index (χ1n) is 10.9. The third-order valence-corrected chi connectivity index (χ3v) is 7.19. The SMILES string of the molecule is c1ccc2c(c1)ccc1sc3cc(Nc4ccc(-c5nc6ccccc6o5)cc4)ccc3c12. The molecule has 0 unspecified atom stereocenters. The fourth-order valence-electron chi connectivity index (χ4n) is 4.48. The first-order chi connectivity index (χ1) is 16.3. The van der Waals surface area contributed by atoms with Crippen LogP contribution in [0.25, 0.3) is 53.5 Å². The highest BCUT2D eigenvalue weighted by Gasteiger charge is 2.10. The van der Waals surface area contributed by atoms with E-state index in [1.54, 1.807) is 0 Å². The molecule has 156 valence electrons. The van der Waals surface area contributed by atoms with Crippen molar-refractivity contribution in [1.82, 2.24) is 4.98 Å². The monoisotopic (exact) mass is 442 g/mol. The quantitative estimate of drug-likeness (QED) is 0.297. The standard InChI is InChI=1S/C29H18N2OS/c1-2-6-22-18(5-1)11-16-26-28(22)23-15-14-21(17-27(23)33-26)30-20-12-9-19(10-13-20)29-31-24-7-3-4-8-25(24)32-29/h1-17,30H. The second kappa shape index (κ2) is 7.19. The van der Waals surface area contributed by atoms with E-state index in [1.165, 1.54) is 30.9 Å². The molecule has 0 saturated heterocycles. The topological polar surface area (TPSA) is 38.1 Å². The maximum absolute atomic E-state index is 5.89. The Morgan fingerprint density at radius 1 is 0.667 bits per heavy atom. The second-order valence-corrected chi connectivity index (χ2v) is 9.25. The van der Waals surface area contributed by atoms with Gasteiger partial charge < -0.3 is 9.73 Å². The lowest BCUT2D eigenvalue weighted by Gasteiger charge is -2.07. The molecule has 0 fully saturated rings. The van der Waals surface area contributed by atoms with Gasteiger partial charge in [0.2, 0.25) is 5.89 Å². The fourth-order valence-corrected chi connectivity index (χ4v) is 5.64. The van der Waals surface area contributed by atoms with Gasteiger partial charge in [-0.1, -0.05) is 48.5 Å². The first-order valence-corrected chi connectivity index (χ1v) is 11.7. The summed E-state index contributed by atoms with van der Waals surface area (Å²) in [6.45, 7) is 0. The van der Waals surface area contributed by atoms with Gasteiger partial charge in [-0.15, -0.1) is 11.3 Å². The smallest absolute Gasteiger partial charge is 0.227 e. The van der Waals surface area contributed by atoms with Gasteiger partial charge in [-0.3, -0.25) is 0 Å². The molecule has 0 bridgehead atoms. The van der Waals surface area contributed by atoms with E-state index in [0.717, 1.165) is 28.0 Å². The maximum Gasteiger partial charge on any atom is 0.227 e. The van der Waals surface area contributed by atoms with Crippen molar-refractivity contribution >= 4 is 64.8 Å². The normalized spacial score (nSPS) is 11.6. The third kappa shape index (κ3) is 3.07. The van der Waals surface area contributed by atoms with Gasteiger partial charge in [0, 0.05) is 37.1 Å². The number of anilines is 2. The van der Waals surface area contributed by atoms with Crippen LogP contribution in [0.15, 0.2) is 108 Å². The molecule has 1 N–H and O–H groups in total. The van der Waals surface area contributed by atoms with Crippen molar-refractivity contribution in [3.63, 3.8) is 0 Å². The molecule has 7 rings (SSSR count). The first kappa shape index (κ1) is 18.4. The van der Waals surface area contributed by atoms with Crippen LogP contribution in [0.3, 0.4) is 0 Å². The van der Waals surface area contributed by atoms with Crippen molar-refractivity contribution in [3.8, 4) is 11.5 Å². The number of fused-ring (bicyclic) bond motifs is 6. The van der Waals surface area contributed by atoms with Crippen LogP contribution >= 0.6 is 11.3 Å². The zero-order chi connectivity index (χ0) is 21.8. The molecule has 33 heavy (non-hydrogen) atoms. The molecular weight excluding hydrogens is 424 g/mol. The molecule has 0 amide bonds. The Bertz CT molecular complexity index is 1760. The zero-order valence-corrected chi connectivity index (χ0v) is 18.4. The lowest BCUT2D eigenvalue weighted by atomic mass is 10.0. The van der Waals surface area contributed by atoms with E-state index >= 15 is 0 Å². The summed E-state index contributed by atoms with van der Waals surface area (Å²) in [5, 5.41) is 8.80. The average molecular weight is 443 g/mol.